The first-order valence-electron chi connectivity index (χ1n) is 7.88. The van der Waals surface area contributed by atoms with Crippen molar-refractivity contribution >= 4 is 28.2 Å². The number of ether oxygens (including phenoxy) is 3. The fourth-order valence-electron chi connectivity index (χ4n) is 1.73. The number of rotatable bonds is 7. The van der Waals surface area contributed by atoms with Crippen molar-refractivity contribution < 1.29 is 19.0 Å². The van der Waals surface area contributed by atoms with Gasteiger partial charge in [0.25, 0.3) is 0 Å². The number of hydrazone groups is 1. The third-order valence-electron chi connectivity index (χ3n) is 2.55. The number of nitrogens with zero attached hydrogens (tertiary/aromatic N) is 1. The maximum Gasteiger partial charge on any atom is 0.428 e. The van der Waals surface area contributed by atoms with Crippen molar-refractivity contribution in [1.82, 2.24) is 5.43 Å². The summed E-state index contributed by atoms with van der Waals surface area (Å²) in [5.74, 6) is 1.29. The lowest BCUT2D eigenvalue weighted by Gasteiger charge is -2.18. The Labute approximate surface area is 151 Å². The molecule has 0 bridgehead atoms. The molecule has 1 amide bonds. The highest BCUT2D eigenvalue weighted by atomic mass is 79.9. The van der Waals surface area contributed by atoms with Crippen LogP contribution >= 0.6 is 15.9 Å². The molecule has 1 aromatic rings. The van der Waals surface area contributed by atoms with Crippen molar-refractivity contribution in [2.75, 3.05) is 13.2 Å². The van der Waals surface area contributed by atoms with Gasteiger partial charge in [-0.3, -0.25) is 0 Å². The van der Waals surface area contributed by atoms with E-state index in [-0.39, 0.29) is 0 Å². The van der Waals surface area contributed by atoms with Crippen LogP contribution in [0.3, 0.4) is 0 Å². The molecule has 0 unspecified atom stereocenters. The van der Waals surface area contributed by atoms with E-state index in [1.165, 1.54) is 6.21 Å². The van der Waals surface area contributed by atoms with Crippen LogP contribution in [0.15, 0.2) is 21.7 Å². The van der Waals surface area contributed by atoms with E-state index in [0.717, 1.165) is 16.5 Å². The molecule has 24 heavy (non-hydrogen) atoms. The molecule has 0 radical (unpaired) electrons. The van der Waals surface area contributed by atoms with Gasteiger partial charge in [0, 0.05) is 0 Å². The maximum atomic E-state index is 11.6. The van der Waals surface area contributed by atoms with E-state index in [1.807, 2.05) is 19.9 Å². The number of nitrogens with one attached hydrogen (secondary N) is 1. The van der Waals surface area contributed by atoms with Gasteiger partial charge in [-0.25, -0.2) is 10.2 Å². The van der Waals surface area contributed by atoms with Gasteiger partial charge >= 0.3 is 6.09 Å². The Morgan fingerprint density at radius 3 is 2.58 bits per heavy atom. The fraction of sp³-hybridized carbons (Fsp3) is 0.529. The van der Waals surface area contributed by atoms with Crippen LogP contribution in [0.4, 0.5) is 4.79 Å². The van der Waals surface area contributed by atoms with Gasteiger partial charge in [0.15, 0.2) is 11.5 Å². The lowest BCUT2D eigenvalue weighted by atomic mass is 10.2. The second-order valence-corrected chi connectivity index (χ2v) is 6.84. The first kappa shape index (κ1) is 20.3. The standard InChI is InChI=1S/C17H25BrN2O4/c1-6-8-23-15-13(18)9-12(10-14(15)22-7-2)11-19-20-16(21)24-17(3,4)5/h9-11H,6-8H2,1-5H3,(H,20,21)/b19-11-. The Hall–Kier alpha value is -1.76. The summed E-state index contributed by atoms with van der Waals surface area (Å²) >= 11 is 3.48. The molecule has 0 aliphatic heterocycles. The number of benzene rings is 1. The van der Waals surface area contributed by atoms with Gasteiger partial charge in [-0.15, -0.1) is 0 Å². The molecule has 0 saturated heterocycles. The van der Waals surface area contributed by atoms with Crippen molar-refractivity contribution in [2.45, 2.75) is 46.6 Å². The van der Waals surface area contributed by atoms with E-state index < -0.39 is 11.7 Å². The zero-order valence-electron chi connectivity index (χ0n) is 14.8. The summed E-state index contributed by atoms with van der Waals surface area (Å²) in [4.78, 5) is 11.6. The molecule has 0 aromatic heterocycles. The van der Waals surface area contributed by atoms with Crippen LogP contribution in [-0.4, -0.2) is 31.1 Å². The van der Waals surface area contributed by atoms with Gasteiger partial charge in [-0.2, -0.15) is 5.10 Å². The SMILES string of the molecule is CCCOc1c(Br)cc(/C=N\NC(=O)OC(C)(C)C)cc1OCC. The van der Waals surface area contributed by atoms with Gasteiger partial charge in [-0.05, 0) is 67.7 Å². The zero-order chi connectivity index (χ0) is 18.2. The first-order chi connectivity index (χ1) is 11.3. The molecule has 0 atom stereocenters. The Balaban J connectivity index is 2.84. The van der Waals surface area contributed by atoms with E-state index in [0.29, 0.717) is 24.7 Å². The topological polar surface area (TPSA) is 69.2 Å². The number of carbonyl (C=O) groups excluding carboxylic acids is 1. The van der Waals surface area contributed by atoms with Gasteiger partial charge in [0.2, 0.25) is 0 Å². The minimum Gasteiger partial charge on any atom is -0.490 e. The Bertz CT molecular complexity index is 583. The van der Waals surface area contributed by atoms with E-state index in [1.54, 1.807) is 26.8 Å². The highest BCUT2D eigenvalue weighted by Gasteiger charge is 2.15. The van der Waals surface area contributed by atoms with E-state index >= 15 is 0 Å². The molecular formula is C17H25BrN2O4. The van der Waals surface area contributed by atoms with Crippen molar-refractivity contribution in [3.05, 3.63) is 22.2 Å². The second-order valence-electron chi connectivity index (χ2n) is 5.98. The van der Waals surface area contributed by atoms with Crippen LogP contribution in [0.2, 0.25) is 0 Å². The normalized spacial score (nSPS) is 11.4. The van der Waals surface area contributed by atoms with Crippen LogP contribution < -0.4 is 14.9 Å². The Kier molecular flexibility index (Phi) is 8.04. The molecule has 0 fully saturated rings. The molecule has 7 heteroatoms. The number of hydrogen-bond acceptors (Lipinski definition) is 5. The quantitative estimate of drug-likeness (QED) is 0.540. The molecule has 6 nitrogen and oxygen atoms in total. The van der Waals surface area contributed by atoms with Gasteiger partial charge in [-0.1, -0.05) is 6.92 Å². The molecule has 1 aromatic carbocycles. The van der Waals surface area contributed by atoms with Crippen LogP contribution in [0, 0.1) is 0 Å². The van der Waals surface area contributed by atoms with Crippen molar-refractivity contribution in [3.63, 3.8) is 0 Å². The van der Waals surface area contributed by atoms with Gasteiger partial charge < -0.3 is 14.2 Å². The first-order valence-corrected chi connectivity index (χ1v) is 8.67. The lowest BCUT2D eigenvalue weighted by molar-refractivity contribution is 0.0529. The highest BCUT2D eigenvalue weighted by molar-refractivity contribution is 9.10. The summed E-state index contributed by atoms with van der Waals surface area (Å²) in [6.07, 6.45) is 1.81. The summed E-state index contributed by atoms with van der Waals surface area (Å²) in [5, 5.41) is 3.89. The summed E-state index contributed by atoms with van der Waals surface area (Å²) in [6.45, 7) is 10.4. The Morgan fingerprint density at radius 2 is 2.00 bits per heavy atom. The summed E-state index contributed by atoms with van der Waals surface area (Å²) in [6, 6.07) is 3.65. The largest absolute Gasteiger partial charge is 0.490 e. The minimum absolute atomic E-state index is 0.520. The van der Waals surface area contributed by atoms with Crippen molar-refractivity contribution in [3.8, 4) is 11.5 Å². The predicted molar refractivity (Wildman–Crippen MR) is 98.1 cm³/mol. The molecular weight excluding hydrogens is 376 g/mol. The molecule has 134 valence electrons. The van der Waals surface area contributed by atoms with Gasteiger partial charge in [0.05, 0.1) is 23.9 Å². The van der Waals surface area contributed by atoms with Crippen LogP contribution in [0.1, 0.15) is 46.6 Å². The third-order valence-corrected chi connectivity index (χ3v) is 3.14. The van der Waals surface area contributed by atoms with E-state index in [4.69, 9.17) is 14.2 Å². The molecule has 1 N–H and O–H groups in total. The van der Waals surface area contributed by atoms with Gasteiger partial charge in [0.1, 0.15) is 5.60 Å². The van der Waals surface area contributed by atoms with E-state index in [2.05, 4.69) is 26.5 Å². The highest BCUT2D eigenvalue weighted by Crippen LogP contribution is 2.36. The maximum absolute atomic E-state index is 11.6. The number of hydrogen-bond donors (Lipinski definition) is 1. The summed E-state index contributed by atoms with van der Waals surface area (Å²) in [7, 11) is 0. The fourth-order valence-corrected chi connectivity index (χ4v) is 2.30. The molecule has 0 heterocycles. The zero-order valence-corrected chi connectivity index (χ0v) is 16.4. The molecule has 0 aliphatic rings. The predicted octanol–water partition coefficient (Wildman–Crippen LogP) is 4.50. The molecule has 0 saturated carbocycles. The van der Waals surface area contributed by atoms with Crippen molar-refractivity contribution in [2.24, 2.45) is 5.10 Å². The average Bonchev–Trinajstić information content (AvgIpc) is 2.45. The Morgan fingerprint density at radius 1 is 1.29 bits per heavy atom. The summed E-state index contributed by atoms with van der Waals surface area (Å²) in [5.41, 5.74) is 2.52. The molecule has 0 aliphatic carbocycles. The van der Waals surface area contributed by atoms with Crippen molar-refractivity contribution in [1.29, 1.82) is 0 Å². The molecule has 1 rings (SSSR count). The summed E-state index contributed by atoms with van der Waals surface area (Å²) < 4.78 is 17.2. The second kappa shape index (κ2) is 9.52. The third kappa shape index (κ3) is 7.21. The smallest absolute Gasteiger partial charge is 0.428 e. The van der Waals surface area contributed by atoms with Crippen LogP contribution in [-0.2, 0) is 4.74 Å². The number of carbonyl (C=O) groups is 1. The monoisotopic (exact) mass is 400 g/mol. The average molecular weight is 401 g/mol. The number of halogens is 1. The van der Waals surface area contributed by atoms with Crippen LogP contribution in [0.5, 0.6) is 11.5 Å². The lowest BCUT2D eigenvalue weighted by Crippen LogP contribution is -2.29. The van der Waals surface area contributed by atoms with Crippen LogP contribution in [0.25, 0.3) is 0 Å². The van der Waals surface area contributed by atoms with E-state index in [9.17, 15) is 4.79 Å². The number of amides is 1. The molecule has 0 spiro atoms. The minimum atomic E-state index is -0.606.